The number of alkyl halides is 1. The van der Waals surface area contributed by atoms with E-state index < -0.39 is 0 Å². The van der Waals surface area contributed by atoms with Crippen LogP contribution in [0, 0.1) is 5.82 Å². The molecule has 0 aliphatic rings. The highest BCUT2D eigenvalue weighted by Gasteiger charge is 2.05. The van der Waals surface area contributed by atoms with Crippen molar-refractivity contribution in [2.45, 2.75) is 11.9 Å². The highest BCUT2D eigenvalue weighted by atomic mass is 79.9. The Balaban J connectivity index is 2.01. The van der Waals surface area contributed by atoms with Gasteiger partial charge >= 0.3 is 0 Å². The van der Waals surface area contributed by atoms with Gasteiger partial charge in [0.25, 0.3) is 0 Å². The topological polar surface area (TPSA) is 31.4 Å². The van der Waals surface area contributed by atoms with Crippen molar-refractivity contribution >= 4 is 15.9 Å². The molecule has 1 aromatic carbocycles. The molecule has 100 valence electrons. The second-order valence-electron chi connectivity index (χ2n) is 3.86. The highest BCUT2D eigenvalue weighted by Crippen LogP contribution is 2.18. The minimum Gasteiger partial charge on any atom is -0.497 e. The van der Waals surface area contributed by atoms with Crippen molar-refractivity contribution in [1.82, 2.24) is 4.98 Å². The standard InChI is InChI=1S/C14H13BrFNO2/c1-18-12-4-2-10(14(16)6-12)9-19-13-5-3-11(7-15)17-8-13/h2-6,8H,7,9H2,1H3. The van der Waals surface area contributed by atoms with Crippen LogP contribution in [0.1, 0.15) is 11.3 Å². The summed E-state index contributed by atoms with van der Waals surface area (Å²) in [4.78, 5) is 4.17. The molecule has 0 aliphatic heterocycles. The summed E-state index contributed by atoms with van der Waals surface area (Å²) in [5.41, 5.74) is 1.40. The van der Waals surface area contributed by atoms with Crippen molar-refractivity contribution in [3.63, 3.8) is 0 Å². The van der Waals surface area contributed by atoms with E-state index in [2.05, 4.69) is 20.9 Å². The average Bonchev–Trinajstić information content (AvgIpc) is 2.46. The van der Waals surface area contributed by atoms with Crippen molar-refractivity contribution in [2.75, 3.05) is 7.11 Å². The molecule has 0 saturated heterocycles. The molecule has 19 heavy (non-hydrogen) atoms. The number of hydrogen-bond acceptors (Lipinski definition) is 3. The van der Waals surface area contributed by atoms with Gasteiger partial charge < -0.3 is 9.47 Å². The third-order valence-corrected chi connectivity index (χ3v) is 3.16. The Labute approximate surface area is 119 Å². The Morgan fingerprint density at radius 3 is 2.58 bits per heavy atom. The normalized spacial score (nSPS) is 10.3. The van der Waals surface area contributed by atoms with Crippen LogP contribution in [-0.4, -0.2) is 12.1 Å². The number of nitrogens with zero attached hydrogens (tertiary/aromatic N) is 1. The average molecular weight is 326 g/mol. The number of rotatable bonds is 5. The maximum absolute atomic E-state index is 13.7. The Morgan fingerprint density at radius 2 is 2.00 bits per heavy atom. The fourth-order valence-electron chi connectivity index (χ4n) is 1.51. The largest absolute Gasteiger partial charge is 0.497 e. The lowest BCUT2D eigenvalue weighted by Gasteiger charge is -2.08. The Bertz CT molecular complexity index is 546. The first kappa shape index (κ1) is 13.8. The van der Waals surface area contributed by atoms with Crippen LogP contribution in [0.25, 0.3) is 0 Å². The molecule has 0 amide bonds. The zero-order valence-electron chi connectivity index (χ0n) is 10.4. The highest BCUT2D eigenvalue weighted by molar-refractivity contribution is 9.08. The third-order valence-electron chi connectivity index (χ3n) is 2.59. The van der Waals surface area contributed by atoms with E-state index in [1.807, 2.05) is 12.1 Å². The molecule has 0 bridgehead atoms. The second-order valence-corrected chi connectivity index (χ2v) is 4.43. The van der Waals surface area contributed by atoms with Crippen LogP contribution < -0.4 is 9.47 Å². The van der Waals surface area contributed by atoms with Gasteiger partial charge in [-0.1, -0.05) is 15.9 Å². The van der Waals surface area contributed by atoms with Crippen molar-refractivity contribution in [1.29, 1.82) is 0 Å². The minimum absolute atomic E-state index is 0.158. The first-order chi connectivity index (χ1) is 9.22. The van der Waals surface area contributed by atoms with Crippen LogP contribution in [0.2, 0.25) is 0 Å². The van der Waals surface area contributed by atoms with E-state index in [1.165, 1.54) is 13.2 Å². The van der Waals surface area contributed by atoms with Crippen LogP contribution in [-0.2, 0) is 11.9 Å². The summed E-state index contributed by atoms with van der Waals surface area (Å²) in [6, 6.07) is 8.35. The van der Waals surface area contributed by atoms with Gasteiger partial charge in [0.05, 0.1) is 19.0 Å². The zero-order chi connectivity index (χ0) is 13.7. The summed E-state index contributed by atoms with van der Waals surface area (Å²) in [5.74, 6) is 0.758. The Morgan fingerprint density at radius 1 is 1.21 bits per heavy atom. The van der Waals surface area contributed by atoms with Crippen LogP contribution in [0.3, 0.4) is 0 Å². The predicted molar refractivity (Wildman–Crippen MR) is 74.2 cm³/mol. The Kier molecular flexibility index (Phi) is 4.74. The molecule has 1 aromatic heterocycles. The van der Waals surface area contributed by atoms with Gasteiger partial charge in [-0.2, -0.15) is 0 Å². The number of ether oxygens (including phenoxy) is 2. The summed E-state index contributed by atoms with van der Waals surface area (Å²) in [7, 11) is 1.50. The molecule has 3 nitrogen and oxygen atoms in total. The molecular weight excluding hydrogens is 313 g/mol. The second kappa shape index (κ2) is 6.52. The lowest BCUT2D eigenvalue weighted by molar-refractivity contribution is 0.298. The molecule has 0 atom stereocenters. The van der Waals surface area contributed by atoms with E-state index in [0.717, 1.165) is 5.69 Å². The molecule has 5 heteroatoms. The number of aromatic nitrogens is 1. The summed E-state index contributed by atoms with van der Waals surface area (Å²) in [6.45, 7) is 0.158. The predicted octanol–water partition coefficient (Wildman–Crippen LogP) is 3.70. The molecule has 2 rings (SSSR count). The van der Waals surface area contributed by atoms with Crippen molar-refractivity contribution in [3.8, 4) is 11.5 Å². The number of hydrogen-bond donors (Lipinski definition) is 0. The van der Waals surface area contributed by atoms with Crippen molar-refractivity contribution in [3.05, 3.63) is 53.6 Å². The summed E-state index contributed by atoms with van der Waals surface area (Å²) in [5, 5.41) is 0.695. The quantitative estimate of drug-likeness (QED) is 0.785. The Hall–Kier alpha value is -1.62. The van der Waals surface area contributed by atoms with Crippen LogP contribution in [0.15, 0.2) is 36.5 Å². The molecule has 0 unspecified atom stereocenters. The molecule has 0 N–H and O–H groups in total. The van der Waals surface area contributed by atoms with E-state index in [0.29, 0.717) is 22.4 Å². The minimum atomic E-state index is -0.343. The van der Waals surface area contributed by atoms with Gasteiger partial charge in [-0.15, -0.1) is 0 Å². The SMILES string of the molecule is COc1ccc(COc2ccc(CBr)nc2)c(F)c1. The van der Waals surface area contributed by atoms with E-state index >= 15 is 0 Å². The lowest BCUT2D eigenvalue weighted by Crippen LogP contribution is -1.99. The molecular formula is C14H13BrFNO2. The fraction of sp³-hybridized carbons (Fsp3) is 0.214. The number of halogens is 2. The smallest absolute Gasteiger partial charge is 0.138 e. The van der Waals surface area contributed by atoms with Crippen LogP contribution in [0.5, 0.6) is 11.5 Å². The molecule has 0 aliphatic carbocycles. The molecule has 0 radical (unpaired) electrons. The van der Waals surface area contributed by atoms with Gasteiger partial charge in [-0.05, 0) is 24.3 Å². The molecule has 2 aromatic rings. The van der Waals surface area contributed by atoms with E-state index in [4.69, 9.17) is 9.47 Å². The van der Waals surface area contributed by atoms with Gasteiger partial charge in [0, 0.05) is 17.0 Å². The van der Waals surface area contributed by atoms with Gasteiger partial charge in [0.1, 0.15) is 23.9 Å². The summed E-state index contributed by atoms with van der Waals surface area (Å²) in [6.07, 6.45) is 1.62. The molecule has 0 spiro atoms. The number of benzene rings is 1. The molecule has 0 fully saturated rings. The van der Waals surface area contributed by atoms with Crippen molar-refractivity contribution in [2.24, 2.45) is 0 Å². The van der Waals surface area contributed by atoms with Crippen LogP contribution >= 0.6 is 15.9 Å². The van der Waals surface area contributed by atoms with E-state index in [-0.39, 0.29) is 12.4 Å². The van der Waals surface area contributed by atoms with Gasteiger partial charge in [-0.3, -0.25) is 4.98 Å². The van der Waals surface area contributed by atoms with Crippen LogP contribution in [0.4, 0.5) is 4.39 Å². The number of pyridine rings is 1. The van der Waals surface area contributed by atoms with Gasteiger partial charge in [-0.25, -0.2) is 4.39 Å². The molecule has 1 heterocycles. The third kappa shape index (κ3) is 3.67. The van der Waals surface area contributed by atoms with Gasteiger partial charge in [0.15, 0.2) is 0 Å². The number of methoxy groups -OCH3 is 1. The maximum atomic E-state index is 13.7. The van der Waals surface area contributed by atoms with Crippen molar-refractivity contribution < 1.29 is 13.9 Å². The van der Waals surface area contributed by atoms with Gasteiger partial charge in [0.2, 0.25) is 0 Å². The summed E-state index contributed by atoms with van der Waals surface area (Å²) < 4.78 is 24.1. The monoisotopic (exact) mass is 325 g/mol. The summed E-state index contributed by atoms with van der Waals surface area (Å²) >= 11 is 3.32. The first-order valence-electron chi connectivity index (χ1n) is 5.69. The van der Waals surface area contributed by atoms with E-state index in [9.17, 15) is 4.39 Å². The zero-order valence-corrected chi connectivity index (χ0v) is 12.0. The maximum Gasteiger partial charge on any atom is 0.138 e. The molecule has 0 saturated carbocycles. The first-order valence-corrected chi connectivity index (χ1v) is 6.81. The fourth-order valence-corrected chi connectivity index (χ4v) is 1.84. The lowest BCUT2D eigenvalue weighted by atomic mass is 10.2. The van der Waals surface area contributed by atoms with E-state index in [1.54, 1.807) is 18.3 Å².